The minimum absolute atomic E-state index is 0.100. The second-order valence-corrected chi connectivity index (χ2v) is 5.81. The molecule has 0 heterocycles. The zero-order valence-electron chi connectivity index (χ0n) is 14.9. The molecule has 1 amide bonds. The van der Waals surface area contributed by atoms with Crippen molar-refractivity contribution in [3.05, 3.63) is 59.7 Å². The SMILES string of the molecule is CCCOc1ccc(/C=N\NC(=O)c2ccc(OC(C)C)cc2)cc1. The fraction of sp³-hybridized carbons (Fsp3) is 0.300. The van der Waals surface area contributed by atoms with E-state index in [9.17, 15) is 4.79 Å². The maximum atomic E-state index is 12.1. The van der Waals surface area contributed by atoms with Crippen molar-refractivity contribution in [2.75, 3.05) is 6.61 Å². The molecule has 0 atom stereocenters. The van der Waals surface area contributed by atoms with Gasteiger partial charge in [-0.3, -0.25) is 4.79 Å². The van der Waals surface area contributed by atoms with E-state index < -0.39 is 0 Å². The van der Waals surface area contributed by atoms with Gasteiger partial charge in [0.1, 0.15) is 11.5 Å². The molecule has 0 aromatic heterocycles. The molecular formula is C20H24N2O3. The van der Waals surface area contributed by atoms with Crippen LogP contribution in [0.1, 0.15) is 43.1 Å². The molecular weight excluding hydrogens is 316 g/mol. The summed E-state index contributed by atoms with van der Waals surface area (Å²) in [6.45, 7) is 6.68. The average Bonchev–Trinajstić information content (AvgIpc) is 2.61. The Hall–Kier alpha value is -2.82. The van der Waals surface area contributed by atoms with Crippen molar-refractivity contribution in [2.24, 2.45) is 5.10 Å². The summed E-state index contributed by atoms with van der Waals surface area (Å²) in [5, 5.41) is 3.98. The van der Waals surface area contributed by atoms with Crippen molar-refractivity contribution in [3.8, 4) is 11.5 Å². The molecule has 1 N–H and O–H groups in total. The quantitative estimate of drug-likeness (QED) is 0.583. The van der Waals surface area contributed by atoms with Gasteiger partial charge in [0.15, 0.2) is 0 Å². The van der Waals surface area contributed by atoms with Crippen LogP contribution >= 0.6 is 0 Å². The molecule has 0 radical (unpaired) electrons. The van der Waals surface area contributed by atoms with Gasteiger partial charge >= 0.3 is 0 Å². The van der Waals surface area contributed by atoms with E-state index >= 15 is 0 Å². The van der Waals surface area contributed by atoms with Crippen molar-refractivity contribution >= 4 is 12.1 Å². The molecule has 25 heavy (non-hydrogen) atoms. The Morgan fingerprint density at radius 3 is 2.32 bits per heavy atom. The predicted octanol–water partition coefficient (Wildman–Crippen LogP) is 4.03. The zero-order valence-corrected chi connectivity index (χ0v) is 14.9. The third-order valence-corrected chi connectivity index (χ3v) is 3.22. The van der Waals surface area contributed by atoms with E-state index in [1.807, 2.05) is 38.1 Å². The zero-order chi connectivity index (χ0) is 18.1. The van der Waals surface area contributed by atoms with E-state index in [-0.39, 0.29) is 12.0 Å². The lowest BCUT2D eigenvalue weighted by Crippen LogP contribution is -2.17. The molecule has 2 aromatic carbocycles. The highest BCUT2D eigenvalue weighted by Crippen LogP contribution is 2.14. The molecule has 0 bridgehead atoms. The lowest BCUT2D eigenvalue weighted by atomic mass is 10.2. The first-order chi connectivity index (χ1) is 12.1. The number of nitrogens with one attached hydrogen (secondary N) is 1. The normalized spacial score (nSPS) is 10.9. The van der Waals surface area contributed by atoms with Crippen molar-refractivity contribution in [1.82, 2.24) is 5.43 Å². The third-order valence-electron chi connectivity index (χ3n) is 3.22. The Labute approximate surface area is 148 Å². The Morgan fingerprint density at radius 2 is 1.72 bits per heavy atom. The van der Waals surface area contributed by atoms with Crippen molar-refractivity contribution in [1.29, 1.82) is 0 Å². The Kier molecular flexibility index (Phi) is 7.01. The van der Waals surface area contributed by atoms with Crippen molar-refractivity contribution in [3.63, 3.8) is 0 Å². The fourth-order valence-electron chi connectivity index (χ4n) is 2.06. The molecule has 0 spiro atoms. The number of amides is 1. The molecule has 0 aliphatic rings. The smallest absolute Gasteiger partial charge is 0.271 e. The van der Waals surface area contributed by atoms with E-state index in [0.717, 1.165) is 23.5 Å². The highest BCUT2D eigenvalue weighted by Gasteiger charge is 2.05. The van der Waals surface area contributed by atoms with Crippen LogP contribution in [-0.2, 0) is 0 Å². The van der Waals surface area contributed by atoms with E-state index in [1.54, 1.807) is 30.5 Å². The van der Waals surface area contributed by atoms with Crippen LogP contribution in [-0.4, -0.2) is 24.8 Å². The fourth-order valence-corrected chi connectivity index (χ4v) is 2.06. The number of nitrogens with zero attached hydrogens (tertiary/aromatic N) is 1. The van der Waals surface area contributed by atoms with Crippen LogP contribution in [0, 0.1) is 0 Å². The van der Waals surface area contributed by atoms with Crippen LogP contribution in [0.2, 0.25) is 0 Å². The number of benzene rings is 2. The van der Waals surface area contributed by atoms with Gasteiger partial charge in [0.05, 0.1) is 18.9 Å². The van der Waals surface area contributed by atoms with E-state index in [2.05, 4.69) is 17.5 Å². The van der Waals surface area contributed by atoms with Gasteiger partial charge in [0, 0.05) is 5.56 Å². The maximum absolute atomic E-state index is 12.1. The minimum atomic E-state index is -0.268. The molecule has 0 fully saturated rings. The van der Waals surface area contributed by atoms with E-state index in [4.69, 9.17) is 9.47 Å². The van der Waals surface area contributed by atoms with E-state index in [0.29, 0.717) is 12.2 Å². The average molecular weight is 340 g/mol. The summed E-state index contributed by atoms with van der Waals surface area (Å²) < 4.78 is 11.1. The standard InChI is InChI=1S/C20H24N2O3/c1-4-13-24-18-9-5-16(6-10-18)14-21-22-20(23)17-7-11-19(12-8-17)25-15(2)3/h5-12,14-15H,4,13H2,1-3H3,(H,22,23)/b21-14-. The van der Waals surface area contributed by atoms with Gasteiger partial charge in [-0.25, -0.2) is 5.43 Å². The number of carbonyl (C=O) groups excluding carboxylic acids is 1. The lowest BCUT2D eigenvalue weighted by Gasteiger charge is -2.09. The van der Waals surface area contributed by atoms with Crippen LogP contribution in [0.15, 0.2) is 53.6 Å². The van der Waals surface area contributed by atoms with Crippen molar-refractivity contribution in [2.45, 2.75) is 33.3 Å². The van der Waals surface area contributed by atoms with E-state index in [1.165, 1.54) is 0 Å². The van der Waals surface area contributed by atoms with Gasteiger partial charge in [-0.1, -0.05) is 6.92 Å². The van der Waals surface area contributed by atoms with Crippen LogP contribution in [0.3, 0.4) is 0 Å². The maximum Gasteiger partial charge on any atom is 0.271 e. The Bertz CT molecular complexity index is 692. The van der Waals surface area contributed by atoms with Crippen LogP contribution < -0.4 is 14.9 Å². The number of hydrogen-bond acceptors (Lipinski definition) is 4. The molecule has 5 heteroatoms. The summed E-state index contributed by atoms with van der Waals surface area (Å²) in [5.74, 6) is 1.29. The Morgan fingerprint density at radius 1 is 1.08 bits per heavy atom. The first kappa shape index (κ1) is 18.5. The lowest BCUT2D eigenvalue weighted by molar-refractivity contribution is 0.0955. The highest BCUT2D eigenvalue weighted by molar-refractivity contribution is 5.95. The molecule has 2 rings (SSSR count). The predicted molar refractivity (Wildman–Crippen MR) is 99.5 cm³/mol. The van der Waals surface area contributed by atoms with Crippen molar-refractivity contribution < 1.29 is 14.3 Å². The molecule has 0 aliphatic heterocycles. The first-order valence-electron chi connectivity index (χ1n) is 8.41. The number of carbonyl (C=O) groups is 1. The molecule has 0 unspecified atom stereocenters. The second kappa shape index (κ2) is 9.47. The van der Waals surface area contributed by atoms with Gasteiger partial charge in [-0.05, 0) is 74.4 Å². The van der Waals surface area contributed by atoms with Gasteiger partial charge in [0.2, 0.25) is 0 Å². The topological polar surface area (TPSA) is 59.9 Å². The summed E-state index contributed by atoms with van der Waals surface area (Å²) in [6.07, 6.45) is 2.67. The summed E-state index contributed by atoms with van der Waals surface area (Å²) in [4.78, 5) is 12.1. The van der Waals surface area contributed by atoms with Gasteiger partial charge in [-0.2, -0.15) is 5.10 Å². The van der Waals surface area contributed by atoms with Gasteiger partial charge in [0.25, 0.3) is 5.91 Å². The highest BCUT2D eigenvalue weighted by atomic mass is 16.5. The molecule has 5 nitrogen and oxygen atoms in total. The molecule has 0 saturated carbocycles. The molecule has 132 valence electrons. The molecule has 0 aliphatic carbocycles. The summed E-state index contributed by atoms with van der Waals surface area (Å²) in [7, 11) is 0. The second-order valence-electron chi connectivity index (χ2n) is 5.81. The molecule has 2 aromatic rings. The summed E-state index contributed by atoms with van der Waals surface area (Å²) in [6, 6.07) is 14.5. The third kappa shape index (κ3) is 6.30. The number of hydrazone groups is 1. The Balaban J connectivity index is 1.87. The van der Waals surface area contributed by atoms with Crippen LogP contribution in [0.5, 0.6) is 11.5 Å². The summed E-state index contributed by atoms with van der Waals surface area (Å²) >= 11 is 0. The minimum Gasteiger partial charge on any atom is -0.494 e. The number of hydrogen-bond donors (Lipinski definition) is 1. The van der Waals surface area contributed by atoms with Gasteiger partial charge in [-0.15, -0.1) is 0 Å². The first-order valence-corrected chi connectivity index (χ1v) is 8.41. The molecule has 0 saturated heterocycles. The number of rotatable bonds is 8. The summed E-state index contributed by atoms with van der Waals surface area (Å²) in [5.41, 5.74) is 3.92. The largest absolute Gasteiger partial charge is 0.494 e. The number of ether oxygens (including phenoxy) is 2. The van der Waals surface area contributed by atoms with Gasteiger partial charge < -0.3 is 9.47 Å². The van der Waals surface area contributed by atoms with Crippen LogP contribution in [0.4, 0.5) is 0 Å². The van der Waals surface area contributed by atoms with Crippen LogP contribution in [0.25, 0.3) is 0 Å². The monoisotopic (exact) mass is 340 g/mol.